The number of carbonyl (C=O) groups excluding carboxylic acids is 1. The van der Waals surface area contributed by atoms with E-state index < -0.39 is 16.0 Å². The van der Waals surface area contributed by atoms with Crippen molar-refractivity contribution >= 4 is 16.0 Å². The summed E-state index contributed by atoms with van der Waals surface area (Å²) in [7, 11) is -2.11. The van der Waals surface area contributed by atoms with E-state index in [9.17, 15) is 13.2 Å². The highest BCUT2D eigenvalue weighted by Gasteiger charge is 2.31. The fourth-order valence-corrected chi connectivity index (χ4v) is 3.07. The van der Waals surface area contributed by atoms with Crippen LogP contribution in [0.2, 0.25) is 0 Å². The SMILES string of the molecule is CCOC(=O)CN(C(C)C)S(=O)(=O)c1cn(C)cn1. The summed E-state index contributed by atoms with van der Waals surface area (Å²) in [6.07, 6.45) is 2.80. The number of hydrogen-bond acceptors (Lipinski definition) is 5. The number of rotatable bonds is 6. The highest BCUT2D eigenvalue weighted by molar-refractivity contribution is 7.89. The van der Waals surface area contributed by atoms with Gasteiger partial charge in [0, 0.05) is 19.3 Å². The molecule has 1 aromatic heterocycles. The number of aromatic nitrogens is 2. The number of carbonyl (C=O) groups is 1. The van der Waals surface area contributed by atoms with Crippen molar-refractivity contribution in [3.05, 3.63) is 12.5 Å². The first-order valence-electron chi connectivity index (χ1n) is 5.94. The van der Waals surface area contributed by atoms with Crippen molar-refractivity contribution in [2.75, 3.05) is 13.2 Å². The molecule has 0 N–H and O–H groups in total. The van der Waals surface area contributed by atoms with Gasteiger partial charge in [0.15, 0.2) is 5.03 Å². The second-order valence-electron chi connectivity index (χ2n) is 4.33. The molecule has 108 valence electrons. The van der Waals surface area contributed by atoms with Crippen LogP contribution in [0.15, 0.2) is 17.6 Å². The zero-order chi connectivity index (χ0) is 14.6. The lowest BCUT2D eigenvalue weighted by Gasteiger charge is -2.23. The van der Waals surface area contributed by atoms with Crippen LogP contribution in [0, 0.1) is 0 Å². The van der Waals surface area contributed by atoms with Gasteiger partial charge < -0.3 is 9.30 Å². The lowest BCUT2D eigenvalue weighted by atomic mass is 10.4. The monoisotopic (exact) mass is 289 g/mol. The maximum Gasteiger partial charge on any atom is 0.321 e. The lowest BCUT2D eigenvalue weighted by molar-refractivity contribution is -0.143. The molecule has 0 unspecified atom stereocenters. The quantitative estimate of drug-likeness (QED) is 0.707. The zero-order valence-corrected chi connectivity index (χ0v) is 12.3. The maximum atomic E-state index is 12.4. The summed E-state index contributed by atoms with van der Waals surface area (Å²) in [5.74, 6) is -0.573. The molecule has 0 saturated heterocycles. The number of hydrogen-bond donors (Lipinski definition) is 0. The van der Waals surface area contributed by atoms with E-state index in [4.69, 9.17) is 4.74 Å². The van der Waals surface area contributed by atoms with Crippen LogP contribution in [0.25, 0.3) is 0 Å². The third-order valence-electron chi connectivity index (χ3n) is 2.42. The molecule has 0 amide bonds. The Bertz CT molecular complexity index is 536. The van der Waals surface area contributed by atoms with E-state index in [0.29, 0.717) is 0 Å². The molecule has 0 bridgehead atoms. The average molecular weight is 289 g/mol. The van der Waals surface area contributed by atoms with Gasteiger partial charge in [0.1, 0.15) is 6.54 Å². The maximum absolute atomic E-state index is 12.4. The molecule has 0 aliphatic carbocycles. The molecule has 0 saturated carbocycles. The van der Waals surface area contributed by atoms with Gasteiger partial charge in [-0.25, -0.2) is 13.4 Å². The molecule has 0 aliphatic rings. The molecule has 7 nitrogen and oxygen atoms in total. The zero-order valence-electron chi connectivity index (χ0n) is 11.5. The van der Waals surface area contributed by atoms with Gasteiger partial charge in [0.25, 0.3) is 10.0 Å². The molecule has 0 radical (unpaired) electrons. The van der Waals surface area contributed by atoms with Gasteiger partial charge in [-0.05, 0) is 20.8 Å². The summed E-state index contributed by atoms with van der Waals surface area (Å²) in [4.78, 5) is 15.3. The van der Waals surface area contributed by atoms with Gasteiger partial charge in [-0.15, -0.1) is 0 Å². The Morgan fingerprint density at radius 3 is 2.58 bits per heavy atom. The van der Waals surface area contributed by atoms with Crippen molar-refractivity contribution in [1.82, 2.24) is 13.9 Å². The Morgan fingerprint density at radius 1 is 1.53 bits per heavy atom. The van der Waals surface area contributed by atoms with Crippen LogP contribution in [0.4, 0.5) is 0 Å². The van der Waals surface area contributed by atoms with Gasteiger partial charge in [-0.3, -0.25) is 4.79 Å². The second kappa shape index (κ2) is 6.16. The molecule has 1 rings (SSSR count). The molecule has 1 aromatic rings. The predicted octanol–water partition coefficient (Wildman–Crippen LogP) is 0.382. The van der Waals surface area contributed by atoms with Crippen molar-refractivity contribution in [1.29, 1.82) is 0 Å². The minimum absolute atomic E-state index is 0.0759. The van der Waals surface area contributed by atoms with Crippen molar-refractivity contribution in [3.63, 3.8) is 0 Å². The Labute approximate surface area is 113 Å². The van der Waals surface area contributed by atoms with Crippen LogP contribution in [0.3, 0.4) is 0 Å². The summed E-state index contributed by atoms with van der Waals surface area (Å²) in [6, 6.07) is -0.364. The number of esters is 1. The summed E-state index contributed by atoms with van der Waals surface area (Å²) < 4.78 is 32.1. The second-order valence-corrected chi connectivity index (χ2v) is 6.16. The molecular formula is C11H19N3O4S. The van der Waals surface area contributed by atoms with Gasteiger partial charge >= 0.3 is 5.97 Å². The third-order valence-corrected chi connectivity index (χ3v) is 4.33. The standard InChI is InChI=1S/C11H19N3O4S/c1-5-18-11(15)7-14(9(2)3)19(16,17)10-6-13(4)8-12-10/h6,8-9H,5,7H2,1-4H3. The van der Waals surface area contributed by atoms with Crippen LogP contribution < -0.4 is 0 Å². The van der Waals surface area contributed by atoms with Crippen LogP contribution >= 0.6 is 0 Å². The van der Waals surface area contributed by atoms with Crippen molar-refractivity contribution in [2.24, 2.45) is 7.05 Å². The van der Waals surface area contributed by atoms with Gasteiger partial charge in [0.2, 0.25) is 0 Å². The minimum Gasteiger partial charge on any atom is -0.465 e. The topological polar surface area (TPSA) is 81.5 Å². The Hall–Kier alpha value is -1.41. The smallest absolute Gasteiger partial charge is 0.321 e. The molecule has 0 fully saturated rings. The fourth-order valence-electron chi connectivity index (χ4n) is 1.52. The van der Waals surface area contributed by atoms with Crippen LogP contribution in [-0.2, 0) is 26.6 Å². The summed E-state index contributed by atoms with van der Waals surface area (Å²) >= 11 is 0. The molecule has 1 heterocycles. The summed E-state index contributed by atoms with van der Waals surface area (Å²) in [5.41, 5.74) is 0. The van der Waals surface area contributed by atoms with E-state index in [0.717, 1.165) is 4.31 Å². The third kappa shape index (κ3) is 3.77. The van der Waals surface area contributed by atoms with Crippen LogP contribution in [0.5, 0.6) is 0 Å². The summed E-state index contributed by atoms with van der Waals surface area (Å²) in [5, 5.41) is -0.0759. The number of imidazole rings is 1. The van der Waals surface area contributed by atoms with Gasteiger partial charge in [-0.2, -0.15) is 4.31 Å². The van der Waals surface area contributed by atoms with Crippen molar-refractivity contribution in [3.8, 4) is 0 Å². The van der Waals surface area contributed by atoms with Gasteiger partial charge in [-0.1, -0.05) is 0 Å². The highest BCUT2D eigenvalue weighted by Crippen LogP contribution is 2.16. The van der Waals surface area contributed by atoms with Gasteiger partial charge in [0.05, 0.1) is 12.9 Å². The number of nitrogens with zero attached hydrogens (tertiary/aromatic N) is 3. The van der Waals surface area contributed by atoms with Crippen molar-refractivity contribution in [2.45, 2.75) is 31.8 Å². The van der Waals surface area contributed by atoms with E-state index >= 15 is 0 Å². The van der Waals surface area contributed by atoms with E-state index in [1.807, 2.05) is 0 Å². The first kappa shape index (κ1) is 15.6. The minimum atomic E-state index is -3.79. The Morgan fingerprint density at radius 2 is 2.16 bits per heavy atom. The largest absolute Gasteiger partial charge is 0.465 e. The Balaban J connectivity index is 3.02. The first-order valence-corrected chi connectivity index (χ1v) is 7.38. The van der Waals surface area contributed by atoms with Crippen LogP contribution in [-0.4, -0.2) is 47.4 Å². The van der Waals surface area contributed by atoms with Crippen molar-refractivity contribution < 1.29 is 17.9 Å². The molecule has 0 aliphatic heterocycles. The molecular weight excluding hydrogens is 270 g/mol. The summed E-state index contributed by atoms with van der Waals surface area (Å²) in [6.45, 7) is 4.96. The Kier molecular flexibility index (Phi) is 5.07. The molecule has 0 spiro atoms. The van der Waals surface area contributed by atoms with Crippen LogP contribution in [0.1, 0.15) is 20.8 Å². The van der Waals surface area contributed by atoms with E-state index in [-0.39, 0.29) is 24.2 Å². The number of sulfonamides is 1. The fraction of sp³-hybridized carbons (Fsp3) is 0.636. The highest BCUT2D eigenvalue weighted by atomic mass is 32.2. The van der Waals surface area contributed by atoms with E-state index in [2.05, 4.69) is 4.98 Å². The lowest BCUT2D eigenvalue weighted by Crippen LogP contribution is -2.41. The average Bonchev–Trinajstić information content (AvgIpc) is 2.73. The number of ether oxygens (including phenoxy) is 1. The molecule has 0 atom stereocenters. The van der Waals surface area contributed by atoms with E-state index in [1.165, 1.54) is 17.1 Å². The molecule has 0 aromatic carbocycles. The molecule has 8 heteroatoms. The number of aryl methyl sites for hydroxylation is 1. The normalized spacial score (nSPS) is 12.1. The first-order chi connectivity index (χ1) is 8.78. The predicted molar refractivity (Wildman–Crippen MR) is 68.9 cm³/mol. The van der Waals surface area contributed by atoms with E-state index in [1.54, 1.807) is 27.8 Å². The molecule has 19 heavy (non-hydrogen) atoms.